The predicted molar refractivity (Wildman–Crippen MR) is 88.4 cm³/mol. The second-order valence-corrected chi connectivity index (χ2v) is 5.62. The molecule has 3 rings (SSSR count). The molecule has 0 saturated carbocycles. The summed E-state index contributed by atoms with van der Waals surface area (Å²) < 4.78 is 5.36. The number of nitrogens with zero attached hydrogens (tertiary/aromatic N) is 3. The smallest absolute Gasteiger partial charge is 0.222 e. The maximum absolute atomic E-state index is 11.3. The summed E-state index contributed by atoms with van der Waals surface area (Å²) in [5.74, 6) is 0.502. The molecule has 1 amide bonds. The van der Waals surface area contributed by atoms with Crippen molar-refractivity contribution in [3.8, 4) is 22.4 Å². The van der Waals surface area contributed by atoms with Crippen molar-refractivity contribution in [1.29, 1.82) is 5.26 Å². The number of hydrogen-bond acceptors (Lipinski definition) is 6. The van der Waals surface area contributed by atoms with Crippen LogP contribution in [0, 0.1) is 11.3 Å². The van der Waals surface area contributed by atoms with Crippen LogP contribution in [0.5, 0.6) is 5.75 Å². The van der Waals surface area contributed by atoms with E-state index in [1.807, 2.05) is 11.4 Å². The highest BCUT2D eigenvalue weighted by molar-refractivity contribution is 7.13. The first kappa shape index (κ1) is 14.9. The number of anilines is 1. The first-order valence-electron chi connectivity index (χ1n) is 6.73. The molecule has 114 valence electrons. The Kier molecular flexibility index (Phi) is 3.91. The molecule has 23 heavy (non-hydrogen) atoms. The first-order chi connectivity index (χ1) is 11.1. The second kappa shape index (κ2) is 6.02. The van der Waals surface area contributed by atoms with E-state index in [2.05, 4.69) is 21.4 Å². The molecule has 0 aliphatic carbocycles. The molecule has 0 bridgehead atoms. The number of nitriles is 1. The monoisotopic (exact) mass is 324 g/mol. The van der Waals surface area contributed by atoms with E-state index in [1.54, 1.807) is 25.4 Å². The van der Waals surface area contributed by atoms with Gasteiger partial charge in [0, 0.05) is 29.5 Å². The zero-order valence-corrected chi connectivity index (χ0v) is 13.3. The Bertz CT molecular complexity index is 929. The number of ether oxygens (including phenoxy) is 1. The van der Waals surface area contributed by atoms with Gasteiger partial charge in [0.25, 0.3) is 0 Å². The van der Waals surface area contributed by atoms with Crippen LogP contribution in [0.1, 0.15) is 12.5 Å². The van der Waals surface area contributed by atoms with Gasteiger partial charge in [0.2, 0.25) is 5.91 Å². The highest BCUT2D eigenvalue weighted by atomic mass is 32.1. The number of hydrogen-bond donors (Lipinski definition) is 1. The molecule has 3 aromatic rings. The first-order valence-corrected chi connectivity index (χ1v) is 7.61. The van der Waals surface area contributed by atoms with Gasteiger partial charge in [-0.15, -0.1) is 11.3 Å². The molecule has 6 nitrogen and oxygen atoms in total. The number of nitrogens with one attached hydrogen (secondary N) is 1. The minimum atomic E-state index is -0.289. The van der Waals surface area contributed by atoms with E-state index in [4.69, 9.17) is 4.74 Å². The molecule has 0 unspecified atom stereocenters. The number of rotatable bonds is 3. The normalized spacial score (nSPS) is 10.3. The number of pyridine rings is 1. The maximum atomic E-state index is 11.3. The summed E-state index contributed by atoms with van der Waals surface area (Å²) in [7, 11) is 1.55. The third kappa shape index (κ3) is 2.72. The van der Waals surface area contributed by atoms with Crippen molar-refractivity contribution in [1.82, 2.24) is 9.97 Å². The van der Waals surface area contributed by atoms with Crippen LogP contribution < -0.4 is 10.1 Å². The molecule has 0 radical (unpaired) electrons. The molecule has 1 aromatic carbocycles. The Balaban J connectivity index is 2.34. The molecule has 0 fully saturated rings. The summed E-state index contributed by atoms with van der Waals surface area (Å²) >= 11 is 1.50. The standard InChI is InChI=1S/C16H12N4O2S/c1-9(21)19-15-10(8-17)7-12-11(16-18-5-6-23-16)3-4-13(22-2)14(12)20-15/h3-7H,1-2H3,(H,19,20,21). The Morgan fingerprint density at radius 2 is 2.26 bits per heavy atom. The van der Waals surface area contributed by atoms with Crippen LogP contribution in [0.15, 0.2) is 29.8 Å². The lowest BCUT2D eigenvalue weighted by atomic mass is 10.1. The van der Waals surface area contributed by atoms with Crippen LogP contribution in [0.4, 0.5) is 5.82 Å². The average molecular weight is 324 g/mol. The molecule has 2 aromatic heterocycles. The topological polar surface area (TPSA) is 87.9 Å². The SMILES string of the molecule is COc1ccc(-c2nccs2)c2cc(C#N)c(NC(C)=O)nc12. The summed E-state index contributed by atoms with van der Waals surface area (Å²) in [5.41, 5.74) is 1.73. The van der Waals surface area contributed by atoms with Crippen LogP contribution in [0.25, 0.3) is 21.5 Å². The number of carbonyl (C=O) groups is 1. The minimum Gasteiger partial charge on any atom is -0.494 e. The van der Waals surface area contributed by atoms with Crippen molar-refractivity contribution >= 4 is 34.0 Å². The molecule has 1 N–H and O–H groups in total. The summed E-state index contributed by atoms with van der Waals surface area (Å²) in [6.07, 6.45) is 1.72. The second-order valence-electron chi connectivity index (χ2n) is 4.73. The van der Waals surface area contributed by atoms with Gasteiger partial charge in [0.1, 0.15) is 22.3 Å². The summed E-state index contributed by atoms with van der Waals surface area (Å²) in [5, 5.41) is 15.4. The Morgan fingerprint density at radius 1 is 1.43 bits per heavy atom. The molecule has 0 saturated heterocycles. The van der Waals surface area contributed by atoms with Crippen molar-refractivity contribution in [2.75, 3.05) is 12.4 Å². The number of thiazole rings is 1. The van der Waals surface area contributed by atoms with Gasteiger partial charge in [-0.3, -0.25) is 4.79 Å². The maximum Gasteiger partial charge on any atom is 0.222 e. The zero-order valence-electron chi connectivity index (χ0n) is 12.5. The summed E-state index contributed by atoms with van der Waals surface area (Å²) in [6, 6.07) is 7.46. The third-order valence-electron chi connectivity index (χ3n) is 3.24. The van der Waals surface area contributed by atoms with E-state index in [1.165, 1.54) is 18.3 Å². The highest BCUT2D eigenvalue weighted by Crippen LogP contribution is 2.36. The number of methoxy groups -OCH3 is 1. The minimum absolute atomic E-state index is 0.224. The van der Waals surface area contributed by atoms with Crippen LogP contribution in [0.2, 0.25) is 0 Å². The summed E-state index contributed by atoms with van der Waals surface area (Å²) in [6.45, 7) is 1.37. The van der Waals surface area contributed by atoms with Gasteiger partial charge in [-0.25, -0.2) is 9.97 Å². The highest BCUT2D eigenvalue weighted by Gasteiger charge is 2.16. The fourth-order valence-electron chi connectivity index (χ4n) is 2.29. The molecular formula is C16H12N4O2S. The molecule has 0 spiro atoms. The average Bonchev–Trinajstić information content (AvgIpc) is 3.06. The van der Waals surface area contributed by atoms with E-state index in [9.17, 15) is 10.1 Å². The van der Waals surface area contributed by atoms with Gasteiger partial charge in [-0.1, -0.05) is 0 Å². The third-order valence-corrected chi connectivity index (χ3v) is 4.05. The lowest BCUT2D eigenvalue weighted by Gasteiger charge is -2.11. The number of fused-ring (bicyclic) bond motifs is 1. The lowest BCUT2D eigenvalue weighted by molar-refractivity contribution is -0.114. The van der Waals surface area contributed by atoms with E-state index in [0.717, 1.165) is 16.0 Å². The van der Waals surface area contributed by atoms with E-state index in [0.29, 0.717) is 16.8 Å². The fraction of sp³-hybridized carbons (Fsp3) is 0.125. The van der Waals surface area contributed by atoms with Gasteiger partial charge >= 0.3 is 0 Å². The molecule has 0 atom stereocenters. The molecule has 7 heteroatoms. The Labute approximate surface area is 136 Å². The van der Waals surface area contributed by atoms with Crippen LogP contribution in [-0.4, -0.2) is 23.0 Å². The van der Waals surface area contributed by atoms with Crippen molar-refractivity contribution in [2.45, 2.75) is 6.92 Å². The zero-order chi connectivity index (χ0) is 16.4. The molecular weight excluding hydrogens is 312 g/mol. The Morgan fingerprint density at radius 3 is 2.87 bits per heavy atom. The number of carbonyl (C=O) groups excluding carboxylic acids is 1. The van der Waals surface area contributed by atoms with E-state index < -0.39 is 0 Å². The molecule has 2 heterocycles. The van der Waals surface area contributed by atoms with Crippen molar-refractivity contribution in [3.05, 3.63) is 35.3 Å². The van der Waals surface area contributed by atoms with E-state index in [-0.39, 0.29) is 11.7 Å². The summed E-state index contributed by atoms with van der Waals surface area (Å²) in [4.78, 5) is 20.1. The van der Waals surface area contributed by atoms with Gasteiger partial charge in [0.05, 0.1) is 12.7 Å². The number of benzene rings is 1. The number of aromatic nitrogens is 2. The van der Waals surface area contributed by atoms with Crippen LogP contribution in [-0.2, 0) is 4.79 Å². The lowest BCUT2D eigenvalue weighted by Crippen LogP contribution is -2.09. The molecule has 0 aliphatic rings. The largest absolute Gasteiger partial charge is 0.494 e. The quantitative estimate of drug-likeness (QED) is 0.799. The van der Waals surface area contributed by atoms with Crippen molar-refractivity contribution in [2.24, 2.45) is 0 Å². The predicted octanol–water partition coefficient (Wildman–Crippen LogP) is 3.20. The van der Waals surface area contributed by atoms with Gasteiger partial charge in [-0.05, 0) is 18.2 Å². The van der Waals surface area contributed by atoms with Gasteiger partial charge in [-0.2, -0.15) is 5.26 Å². The van der Waals surface area contributed by atoms with Crippen LogP contribution in [0.3, 0.4) is 0 Å². The van der Waals surface area contributed by atoms with Gasteiger partial charge < -0.3 is 10.1 Å². The molecule has 0 aliphatic heterocycles. The van der Waals surface area contributed by atoms with Crippen LogP contribution >= 0.6 is 11.3 Å². The van der Waals surface area contributed by atoms with Gasteiger partial charge in [0.15, 0.2) is 5.82 Å². The van der Waals surface area contributed by atoms with Crippen molar-refractivity contribution < 1.29 is 9.53 Å². The fourth-order valence-corrected chi connectivity index (χ4v) is 2.97. The number of amides is 1. The van der Waals surface area contributed by atoms with E-state index >= 15 is 0 Å². The Hall–Kier alpha value is -2.98. The van der Waals surface area contributed by atoms with Crippen molar-refractivity contribution in [3.63, 3.8) is 0 Å².